The third-order valence-corrected chi connectivity index (χ3v) is 15.5. The number of ether oxygens (including phenoxy) is 7. The summed E-state index contributed by atoms with van der Waals surface area (Å²) in [5.41, 5.74) is -3.64. The first-order chi connectivity index (χ1) is 26.7. The van der Waals surface area contributed by atoms with Crippen LogP contribution < -0.4 is 0 Å². The largest absolute Gasteiger partial charge is 0.465 e. The van der Waals surface area contributed by atoms with E-state index in [-0.39, 0.29) is 24.9 Å². The van der Waals surface area contributed by atoms with Crippen LogP contribution >= 0.6 is 0 Å². The Morgan fingerprint density at radius 2 is 1.16 bits per heavy atom. The SMILES string of the molecule is CC(=O)OC[C@@]12[C@H](OC(C)=O)C[C@]3(C)C(=CC[C@@H]4[C@@]5(C)CC[C@H](OC(C)=O)[C@](C)(C(OC(C)=O)OC(C)=O)[C@@H]5CC[C@]43C)[C@@H]1CC(C)(C)[C@@H](OC(C)=O)[C@@H]2OC(C)=O. The predicted octanol–water partition coefficient (Wildman–Crippen LogP) is 6.34. The van der Waals surface area contributed by atoms with Gasteiger partial charge in [0, 0.05) is 53.9 Å². The zero-order valence-corrected chi connectivity index (χ0v) is 36.6. The molecule has 0 spiro atoms. The van der Waals surface area contributed by atoms with E-state index in [0.717, 1.165) is 5.57 Å². The highest BCUT2D eigenvalue weighted by Crippen LogP contribution is 2.76. The Balaban J connectivity index is 1.73. The zero-order chi connectivity index (χ0) is 43.6. The number of rotatable bonds is 9. The second-order valence-corrected chi connectivity index (χ2v) is 19.3. The highest BCUT2D eigenvalue weighted by molar-refractivity contribution is 5.70. The summed E-state index contributed by atoms with van der Waals surface area (Å²) in [6, 6.07) is 0. The molecule has 12 atom stereocenters. The molecule has 5 rings (SSSR count). The van der Waals surface area contributed by atoms with E-state index in [1.54, 1.807) is 0 Å². The molecule has 4 saturated carbocycles. The Morgan fingerprint density at radius 1 is 0.621 bits per heavy atom. The number of hydrogen-bond acceptors (Lipinski definition) is 14. The smallest absolute Gasteiger partial charge is 0.305 e. The molecule has 4 fully saturated rings. The molecule has 58 heavy (non-hydrogen) atoms. The molecule has 0 saturated heterocycles. The fraction of sp³-hybridized carbons (Fsp3) is 0.795. The van der Waals surface area contributed by atoms with Crippen molar-refractivity contribution in [2.75, 3.05) is 6.61 Å². The van der Waals surface area contributed by atoms with Crippen molar-refractivity contribution >= 4 is 41.8 Å². The van der Waals surface area contributed by atoms with E-state index in [4.69, 9.17) is 33.2 Å². The highest BCUT2D eigenvalue weighted by Gasteiger charge is 2.75. The molecule has 5 aliphatic rings. The van der Waals surface area contributed by atoms with Crippen LogP contribution in [-0.2, 0) is 66.7 Å². The Hall–Kier alpha value is -3.97. The highest BCUT2D eigenvalue weighted by atomic mass is 16.7. The van der Waals surface area contributed by atoms with Crippen molar-refractivity contribution < 1.29 is 66.7 Å². The van der Waals surface area contributed by atoms with Crippen molar-refractivity contribution in [2.24, 2.45) is 50.2 Å². The summed E-state index contributed by atoms with van der Waals surface area (Å²) in [5.74, 6) is -4.77. The maximum atomic E-state index is 13.2. The molecular formula is C44H64O14. The molecule has 14 nitrogen and oxygen atoms in total. The molecule has 14 heteroatoms. The zero-order valence-electron chi connectivity index (χ0n) is 36.6. The molecule has 0 heterocycles. The summed E-state index contributed by atoms with van der Waals surface area (Å²) in [4.78, 5) is 89.2. The van der Waals surface area contributed by atoms with Crippen molar-refractivity contribution in [1.29, 1.82) is 0 Å². The molecule has 0 radical (unpaired) electrons. The van der Waals surface area contributed by atoms with Crippen LogP contribution in [0.1, 0.15) is 135 Å². The quantitative estimate of drug-likeness (QED) is 0.109. The first-order valence-electron chi connectivity index (χ1n) is 20.6. The Bertz CT molecular complexity index is 1730. The normalized spacial score (nSPS) is 39.8. The molecule has 5 aliphatic carbocycles. The van der Waals surface area contributed by atoms with Gasteiger partial charge in [-0.25, -0.2) is 0 Å². The Morgan fingerprint density at radius 3 is 1.67 bits per heavy atom. The molecule has 0 aliphatic heterocycles. The molecule has 0 aromatic heterocycles. The van der Waals surface area contributed by atoms with Gasteiger partial charge >= 0.3 is 41.8 Å². The summed E-state index contributed by atoms with van der Waals surface area (Å²) >= 11 is 0. The summed E-state index contributed by atoms with van der Waals surface area (Å²) in [7, 11) is 0. The lowest BCUT2D eigenvalue weighted by Gasteiger charge is -2.72. The number of allylic oxidation sites excluding steroid dienone is 2. The standard InChI is InChI=1S/C44H64O14/c1-23(45)52-22-44-31(20-39(8,9)36(55-26(4)48)37(44)56-27(5)49)30-14-15-32-40(10)18-17-34(53-24(2)46)43(13,38(57-28(6)50)58-29(7)51)33(40)16-19-41(32,11)42(30,12)21-35(44)54-25(3)47/h14,31-38H,15-22H2,1-13H3/t31-,32+,33+,34-,35+,36-,37-,40+,41+,42+,43+,44-/m0/s1. The van der Waals surface area contributed by atoms with Gasteiger partial charge in [0.2, 0.25) is 0 Å². The minimum Gasteiger partial charge on any atom is -0.465 e. The molecule has 0 unspecified atom stereocenters. The number of fused-ring (bicyclic) bond motifs is 7. The van der Waals surface area contributed by atoms with Gasteiger partial charge in [-0.3, -0.25) is 33.6 Å². The van der Waals surface area contributed by atoms with Gasteiger partial charge in [-0.15, -0.1) is 0 Å². The van der Waals surface area contributed by atoms with E-state index in [9.17, 15) is 33.6 Å². The number of hydrogen-bond donors (Lipinski definition) is 0. The van der Waals surface area contributed by atoms with Crippen molar-refractivity contribution in [3.63, 3.8) is 0 Å². The minimum atomic E-state index is -1.32. The molecule has 324 valence electrons. The fourth-order valence-corrected chi connectivity index (χ4v) is 13.1. The van der Waals surface area contributed by atoms with Crippen molar-refractivity contribution in [1.82, 2.24) is 0 Å². The molecular weight excluding hydrogens is 752 g/mol. The minimum absolute atomic E-state index is 0.00554. The van der Waals surface area contributed by atoms with Crippen molar-refractivity contribution in [2.45, 2.75) is 166 Å². The lowest BCUT2D eigenvalue weighted by molar-refractivity contribution is -0.289. The van der Waals surface area contributed by atoms with E-state index >= 15 is 0 Å². The van der Waals surface area contributed by atoms with Gasteiger partial charge in [-0.1, -0.05) is 46.3 Å². The monoisotopic (exact) mass is 816 g/mol. The topological polar surface area (TPSA) is 184 Å². The second kappa shape index (κ2) is 15.6. The predicted molar refractivity (Wildman–Crippen MR) is 206 cm³/mol. The van der Waals surface area contributed by atoms with Crippen LogP contribution in [-0.4, -0.2) is 79.1 Å². The number of carbonyl (C=O) groups excluding carboxylic acids is 7. The molecule has 0 amide bonds. The average molecular weight is 817 g/mol. The maximum absolute atomic E-state index is 13.2. The third kappa shape index (κ3) is 7.32. The van der Waals surface area contributed by atoms with E-state index in [1.807, 2.05) is 20.8 Å². The summed E-state index contributed by atoms with van der Waals surface area (Å²) in [5, 5.41) is 0. The first kappa shape index (κ1) is 45.1. The van der Waals surface area contributed by atoms with Crippen LogP contribution in [0, 0.1) is 50.2 Å². The van der Waals surface area contributed by atoms with Crippen LogP contribution in [0.25, 0.3) is 0 Å². The van der Waals surface area contributed by atoms with E-state index < -0.39 is 111 Å². The van der Waals surface area contributed by atoms with Gasteiger partial charge in [0.25, 0.3) is 6.29 Å². The Kier molecular flexibility index (Phi) is 12.1. The number of carbonyl (C=O) groups is 7. The maximum Gasteiger partial charge on any atom is 0.305 e. The van der Waals surface area contributed by atoms with Gasteiger partial charge in [0.1, 0.15) is 24.9 Å². The van der Waals surface area contributed by atoms with Gasteiger partial charge in [0.15, 0.2) is 6.10 Å². The average Bonchev–Trinajstić information content (AvgIpc) is 3.06. The third-order valence-electron chi connectivity index (χ3n) is 15.5. The first-order valence-corrected chi connectivity index (χ1v) is 20.6. The fourth-order valence-electron chi connectivity index (χ4n) is 13.1. The molecule has 0 N–H and O–H groups in total. The van der Waals surface area contributed by atoms with Crippen molar-refractivity contribution in [3.05, 3.63) is 11.6 Å². The van der Waals surface area contributed by atoms with E-state index in [1.165, 1.54) is 48.5 Å². The summed E-state index contributed by atoms with van der Waals surface area (Å²) in [6.07, 6.45) is 0.879. The molecule has 0 bridgehead atoms. The molecule has 0 aromatic carbocycles. The van der Waals surface area contributed by atoms with Gasteiger partial charge < -0.3 is 33.2 Å². The second-order valence-electron chi connectivity index (χ2n) is 19.3. The van der Waals surface area contributed by atoms with Gasteiger partial charge in [-0.2, -0.15) is 0 Å². The van der Waals surface area contributed by atoms with E-state index in [0.29, 0.717) is 38.5 Å². The van der Waals surface area contributed by atoms with Crippen LogP contribution in [0.4, 0.5) is 0 Å². The van der Waals surface area contributed by atoms with Gasteiger partial charge in [0.05, 0.1) is 10.8 Å². The van der Waals surface area contributed by atoms with Crippen LogP contribution in [0.5, 0.6) is 0 Å². The summed E-state index contributed by atoms with van der Waals surface area (Å²) < 4.78 is 42.0. The lowest BCUT2D eigenvalue weighted by atomic mass is 9.33. The Labute approximate surface area is 342 Å². The number of esters is 7. The van der Waals surface area contributed by atoms with Crippen LogP contribution in [0.15, 0.2) is 11.6 Å². The van der Waals surface area contributed by atoms with E-state index in [2.05, 4.69) is 26.8 Å². The lowest BCUT2D eigenvalue weighted by Crippen LogP contribution is -2.73. The van der Waals surface area contributed by atoms with Crippen molar-refractivity contribution in [3.8, 4) is 0 Å². The van der Waals surface area contributed by atoms with Crippen LogP contribution in [0.3, 0.4) is 0 Å². The summed E-state index contributed by atoms with van der Waals surface area (Å²) in [6.45, 7) is 21.3. The van der Waals surface area contributed by atoms with Crippen LogP contribution in [0.2, 0.25) is 0 Å². The molecule has 0 aromatic rings. The van der Waals surface area contributed by atoms with Gasteiger partial charge in [-0.05, 0) is 85.9 Å².